The first-order valence-corrected chi connectivity index (χ1v) is 9.52. The van der Waals surface area contributed by atoms with Crippen molar-refractivity contribution in [2.45, 2.75) is 32.5 Å². The minimum absolute atomic E-state index is 0.810. The van der Waals surface area contributed by atoms with Gasteiger partial charge in [-0.1, -0.05) is 0 Å². The Morgan fingerprint density at radius 3 is 2.58 bits per heavy atom. The van der Waals surface area contributed by atoms with E-state index in [4.69, 9.17) is 9.72 Å². The Morgan fingerprint density at radius 2 is 1.79 bits per heavy atom. The Bertz CT molecular complexity index is 532. The number of hydrogen-bond donors (Lipinski definition) is 0. The van der Waals surface area contributed by atoms with Crippen molar-refractivity contribution in [1.82, 2.24) is 24.3 Å². The summed E-state index contributed by atoms with van der Waals surface area (Å²) in [4.78, 5) is 12.3. The van der Waals surface area contributed by atoms with Crippen molar-refractivity contribution in [2.24, 2.45) is 5.92 Å². The molecule has 24 heavy (non-hydrogen) atoms. The van der Waals surface area contributed by atoms with E-state index < -0.39 is 0 Å². The quantitative estimate of drug-likeness (QED) is 0.817. The van der Waals surface area contributed by atoms with Crippen LogP contribution in [0.3, 0.4) is 0 Å². The van der Waals surface area contributed by atoms with E-state index in [1.807, 2.05) is 0 Å². The first-order chi connectivity index (χ1) is 11.8. The van der Waals surface area contributed by atoms with Crippen LogP contribution in [0.1, 0.15) is 24.4 Å². The lowest BCUT2D eigenvalue weighted by Gasteiger charge is -2.34. The highest BCUT2D eigenvalue weighted by atomic mass is 16.5. The Balaban J connectivity index is 1.33. The van der Waals surface area contributed by atoms with E-state index >= 15 is 0 Å². The second-order valence-corrected chi connectivity index (χ2v) is 7.69. The molecule has 2 fully saturated rings. The van der Waals surface area contributed by atoms with E-state index in [1.165, 1.54) is 57.1 Å². The fourth-order valence-corrected chi connectivity index (χ4v) is 4.18. The van der Waals surface area contributed by atoms with Gasteiger partial charge in [0.1, 0.15) is 5.82 Å². The third-order valence-corrected chi connectivity index (χ3v) is 5.86. The van der Waals surface area contributed by atoms with Gasteiger partial charge in [0.15, 0.2) is 0 Å². The summed E-state index contributed by atoms with van der Waals surface area (Å²) in [6, 6.07) is 0. The molecule has 0 radical (unpaired) electrons. The van der Waals surface area contributed by atoms with Crippen LogP contribution >= 0.6 is 0 Å². The van der Waals surface area contributed by atoms with Crippen molar-refractivity contribution in [3.05, 3.63) is 17.7 Å². The van der Waals surface area contributed by atoms with Crippen LogP contribution in [0.2, 0.25) is 0 Å². The van der Waals surface area contributed by atoms with Gasteiger partial charge in [-0.25, -0.2) is 4.98 Å². The van der Waals surface area contributed by atoms with Gasteiger partial charge in [-0.2, -0.15) is 0 Å². The van der Waals surface area contributed by atoms with Gasteiger partial charge in [0.05, 0.1) is 12.2 Å². The molecule has 3 aliphatic rings. The third kappa shape index (κ3) is 3.82. The molecule has 3 aliphatic heterocycles. The maximum Gasteiger partial charge on any atom is 0.123 e. The summed E-state index contributed by atoms with van der Waals surface area (Å²) in [7, 11) is 2.21. The van der Waals surface area contributed by atoms with Crippen LogP contribution in [0, 0.1) is 5.92 Å². The lowest BCUT2D eigenvalue weighted by Crippen LogP contribution is -2.44. The van der Waals surface area contributed by atoms with E-state index in [0.29, 0.717) is 0 Å². The summed E-state index contributed by atoms with van der Waals surface area (Å²) in [5, 5.41) is 0. The van der Waals surface area contributed by atoms with Gasteiger partial charge in [-0.3, -0.25) is 9.80 Å². The van der Waals surface area contributed by atoms with Crippen molar-refractivity contribution in [2.75, 3.05) is 59.5 Å². The summed E-state index contributed by atoms with van der Waals surface area (Å²) in [6.07, 6.45) is 4.56. The molecule has 6 nitrogen and oxygen atoms in total. The number of hydrogen-bond acceptors (Lipinski definition) is 5. The van der Waals surface area contributed by atoms with Crippen molar-refractivity contribution in [3.8, 4) is 0 Å². The molecule has 6 heteroatoms. The minimum atomic E-state index is 0.810. The van der Waals surface area contributed by atoms with Gasteiger partial charge in [-0.15, -0.1) is 0 Å². The number of aromatic nitrogens is 2. The van der Waals surface area contributed by atoms with Crippen LogP contribution in [0.25, 0.3) is 0 Å². The molecule has 0 saturated carbocycles. The third-order valence-electron chi connectivity index (χ3n) is 5.86. The largest absolute Gasteiger partial charge is 0.381 e. The summed E-state index contributed by atoms with van der Waals surface area (Å²) >= 11 is 0. The molecule has 0 aliphatic carbocycles. The zero-order valence-corrected chi connectivity index (χ0v) is 15.0. The highest BCUT2D eigenvalue weighted by Crippen LogP contribution is 2.21. The van der Waals surface area contributed by atoms with Crippen molar-refractivity contribution < 1.29 is 4.74 Å². The number of ether oxygens (including phenoxy) is 1. The predicted molar refractivity (Wildman–Crippen MR) is 93.8 cm³/mol. The molecule has 0 unspecified atom stereocenters. The molecule has 4 heterocycles. The molecule has 1 aromatic rings. The van der Waals surface area contributed by atoms with Crippen LogP contribution in [-0.4, -0.2) is 83.8 Å². The summed E-state index contributed by atoms with van der Waals surface area (Å²) in [5.41, 5.74) is 1.40. The number of likely N-dealkylation sites (N-methyl/N-ethyl adjacent to an activating group) is 1. The number of piperazine rings is 1. The van der Waals surface area contributed by atoms with Crippen molar-refractivity contribution >= 4 is 0 Å². The molecule has 2 saturated heterocycles. The van der Waals surface area contributed by atoms with Crippen LogP contribution in [0.15, 0.2) is 6.20 Å². The normalized spacial score (nSPS) is 25.0. The van der Waals surface area contributed by atoms with E-state index in [2.05, 4.69) is 32.5 Å². The van der Waals surface area contributed by atoms with Gasteiger partial charge in [0.2, 0.25) is 0 Å². The molecule has 134 valence electrons. The lowest BCUT2D eigenvalue weighted by atomic mass is 9.99. The van der Waals surface area contributed by atoms with Crippen LogP contribution in [0.4, 0.5) is 0 Å². The summed E-state index contributed by atoms with van der Waals surface area (Å²) in [5.74, 6) is 2.07. The monoisotopic (exact) mass is 333 g/mol. The van der Waals surface area contributed by atoms with Gasteiger partial charge in [-0.05, 0) is 25.8 Å². The topological polar surface area (TPSA) is 36.8 Å². The van der Waals surface area contributed by atoms with Gasteiger partial charge < -0.3 is 14.2 Å². The second kappa shape index (κ2) is 7.52. The highest BCUT2D eigenvalue weighted by molar-refractivity contribution is 5.08. The summed E-state index contributed by atoms with van der Waals surface area (Å²) in [6.45, 7) is 12.1. The number of fused-ring (bicyclic) bond motifs is 1. The van der Waals surface area contributed by atoms with E-state index in [0.717, 1.165) is 45.3 Å². The fraction of sp³-hybridized carbons (Fsp3) is 0.833. The molecule has 4 rings (SSSR count). The van der Waals surface area contributed by atoms with Crippen LogP contribution < -0.4 is 0 Å². The number of rotatable bonds is 4. The Labute approximate surface area is 145 Å². The molecule has 0 N–H and O–H groups in total. The molecule has 1 aromatic heterocycles. The van der Waals surface area contributed by atoms with Gasteiger partial charge in [0, 0.05) is 71.8 Å². The molecular weight excluding hydrogens is 302 g/mol. The molecular formula is C18H31N5O. The van der Waals surface area contributed by atoms with E-state index in [-0.39, 0.29) is 0 Å². The number of nitrogens with zero attached hydrogens (tertiary/aromatic N) is 5. The molecule has 0 bridgehead atoms. The molecule has 0 amide bonds. The second-order valence-electron chi connectivity index (χ2n) is 7.69. The van der Waals surface area contributed by atoms with Crippen LogP contribution in [0.5, 0.6) is 0 Å². The fourth-order valence-electron chi connectivity index (χ4n) is 4.18. The van der Waals surface area contributed by atoms with Gasteiger partial charge in [0.25, 0.3) is 0 Å². The van der Waals surface area contributed by atoms with E-state index in [9.17, 15) is 0 Å². The average Bonchev–Trinajstić information content (AvgIpc) is 3.00. The maximum absolute atomic E-state index is 5.48. The SMILES string of the molecule is CN1CCN(Cc2cnc3n2CCN(CC2CCOCC2)C3)CC1. The smallest absolute Gasteiger partial charge is 0.123 e. The zero-order valence-electron chi connectivity index (χ0n) is 15.0. The van der Waals surface area contributed by atoms with Crippen molar-refractivity contribution in [3.63, 3.8) is 0 Å². The number of imidazole rings is 1. The Hall–Kier alpha value is -0.950. The molecule has 0 atom stereocenters. The van der Waals surface area contributed by atoms with Crippen LogP contribution in [-0.2, 0) is 24.4 Å². The Kier molecular flexibility index (Phi) is 5.17. The Morgan fingerprint density at radius 1 is 1.04 bits per heavy atom. The van der Waals surface area contributed by atoms with E-state index in [1.54, 1.807) is 0 Å². The van der Waals surface area contributed by atoms with Gasteiger partial charge >= 0.3 is 0 Å². The summed E-state index contributed by atoms with van der Waals surface area (Å²) < 4.78 is 7.96. The first-order valence-electron chi connectivity index (χ1n) is 9.52. The average molecular weight is 333 g/mol. The predicted octanol–water partition coefficient (Wildman–Crippen LogP) is 0.873. The highest BCUT2D eigenvalue weighted by Gasteiger charge is 2.24. The lowest BCUT2D eigenvalue weighted by molar-refractivity contribution is 0.0480. The maximum atomic E-state index is 5.48. The molecule has 0 aromatic carbocycles. The first kappa shape index (κ1) is 16.5. The standard InChI is InChI=1S/C18H31N5O/c1-20-4-6-21(7-5-20)14-17-12-19-18-15-22(8-9-23(17)18)13-16-2-10-24-11-3-16/h12,16H,2-11,13-15H2,1H3. The van der Waals surface area contributed by atoms with Crippen molar-refractivity contribution in [1.29, 1.82) is 0 Å². The zero-order chi connectivity index (χ0) is 16.4. The minimum Gasteiger partial charge on any atom is -0.381 e. The molecule has 0 spiro atoms.